The molecular weight excluding hydrogens is 127 g/mol. The zero-order valence-electron chi connectivity index (χ0n) is 6.35. The van der Waals surface area contributed by atoms with E-state index in [2.05, 4.69) is 6.92 Å². The summed E-state index contributed by atoms with van der Waals surface area (Å²) in [4.78, 5) is 0. The maximum absolute atomic E-state index is 9.16. The highest BCUT2D eigenvalue weighted by atomic mass is 27.0. The van der Waals surface area contributed by atoms with Crippen LogP contribution in [0.4, 0.5) is 0 Å². The first-order valence-corrected chi connectivity index (χ1v) is 4.78. The van der Waals surface area contributed by atoms with E-state index in [1.54, 1.807) is 0 Å². The molecule has 0 aromatic rings. The molecule has 0 spiro atoms. The molecule has 1 N–H and O–H groups in total. The van der Waals surface area contributed by atoms with Gasteiger partial charge in [-0.15, -0.1) is 0 Å². The van der Waals surface area contributed by atoms with Gasteiger partial charge in [-0.05, 0) is 12.8 Å². The Balaban J connectivity index is 2.35. The molecule has 0 heterocycles. The van der Waals surface area contributed by atoms with Crippen LogP contribution in [-0.4, -0.2) is 27.5 Å². The lowest BCUT2D eigenvalue weighted by Gasteiger charge is -2.32. The minimum absolute atomic E-state index is 0.0204. The van der Waals surface area contributed by atoms with Crippen LogP contribution < -0.4 is 0 Å². The molecule has 0 aliphatic heterocycles. The van der Waals surface area contributed by atoms with Crippen molar-refractivity contribution in [2.75, 3.05) is 0 Å². The molecule has 0 radical (unpaired) electrons. The molecule has 0 aromatic heterocycles. The first-order chi connectivity index (χ1) is 4.10. The first-order valence-electron chi connectivity index (χ1n) is 3.78. The Bertz CT molecular complexity index is 91.1. The molecule has 0 amide bonds. The summed E-state index contributed by atoms with van der Waals surface area (Å²) in [5.74, 6) is 0. The summed E-state index contributed by atoms with van der Waals surface area (Å²) in [5.41, 5.74) is 0. The van der Waals surface area contributed by atoms with Crippen LogP contribution in [0.5, 0.6) is 0 Å². The normalized spacial score (nSPS) is 44.9. The predicted molar refractivity (Wildman–Crippen MR) is 41.4 cm³/mol. The maximum atomic E-state index is 9.16. The molecule has 1 nitrogen and oxygen atoms in total. The monoisotopic (exact) mass is 142 g/mol. The topological polar surface area (TPSA) is 20.2 Å². The second-order valence-electron chi connectivity index (χ2n) is 3.90. The van der Waals surface area contributed by atoms with Gasteiger partial charge in [0.15, 0.2) is 0 Å². The van der Waals surface area contributed by atoms with Crippen molar-refractivity contribution < 1.29 is 5.11 Å². The summed E-state index contributed by atoms with van der Waals surface area (Å²) in [5, 5.41) is 9.16. The molecule has 52 valence electrons. The quantitative estimate of drug-likeness (QED) is 0.494. The van der Waals surface area contributed by atoms with Crippen LogP contribution in [0, 0.1) is 0 Å². The highest BCUT2D eigenvalue weighted by Gasteiger charge is 2.24. The second kappa shape index (κ2) is 2.62. The van der Waals surface area contributed by atoms with Gasteiger partial charge in [-0.3, -0.25) is 0 Å². The fraction of sp³-hybridized carbons (Fsp3) is 1.00. The minimum Gasteiger partial charge on any atom is -0.393 e. The summed E-state index contributed by atoms with van der Waals surface area (Å²) in [6, 6.07) is 0. The molecule has 0 atom stereocenters. The zero-order chi connectivity index (χ0) is 6.91. The van der Waals surface area contributed by atoms with Crippen molar-refractivity contribution in [3.05, 3.63) is 0 Å². The lowest BCUT2D eigenvalue weighted by atomic mass is 9.88. The van der Waals surface area contributed by atoms with Crippen molar-refractivity contribution in [1.29, 1.82) is 0 Å². The molecule has 1 fully saturated rings. The van der Waals surface area contributed by atoms with E-state index in [0.29, 0.717) is 4.28 Å². The Labute approximate surface area is 64.9 Å². The van der Waals surface area contributed by atoms with Crippen molar-refractivity contribution in [2.24, 2.45) is 0 Å². The SMILES string of the molecule is C[C]1([AlH2])CCC(O)CC1. The van der Waals surface area contributed by atoms with Gasteiger partial charge < -0.3 is 5.11 Å². The standard InChI is InChI=1S/C7H13O.Al.2H/c1-6-2-4-7(8)5-3-6;;;/h7-8H,2-5H2,1H3;;;. The minimum atomic E-state index is 0.0204. The van der Waals surface area contributed by atoms with E-state index in [4.69, 9.17) is 5.11 Å². The van der Waals surface area contributed by atoms with E-state index in [1.807, 2.05) is 0 Å². The third kappa shape index (κ3) is 2.29. The lowest BCUT2D eigenvalue weighted by Crippen LogP contribution is -2.21. The van der Waals surface area contributed by atoms with Crippen molar-refractivity contribution in [3.63, 3.8) is 0 Å². The number of hydrogen-bond donors (Lipinski definition) is 1. The van der Waals surface area contributed by atoms with Gasteiger partial charge in [0.2, 0.25) is 16.3 Å². The van der Waals surface area contributed by atoms with Gasteiger partial charge in [0.05, 0.1) is 6.10 Å². The number of aliphatic hydroxyl groups is 1. The third-order valence-corrected chi connectivity index (χ3v) is 3.31. The number of rotatable bonds is 0. The van der Waals surface area contributed by atoms with Crippen LogP contribution in [0.25, 0.3) is 0 Å². The average molecular weight is 142 g/mol. The fourth-order valence-electron chi connectivity index (χ4n) is 1.38. The van der Waals surface area contributed by atoms with Crippen LogP contribution in [-0.2, 0) is 0 Å². The summed E-state index contributed by atoms with van der Waals surface area (Å²) in [7, 11) is 0. The van der Waals surface area contributed by atoms with E-state index in [9.17, 15) is 0 Å². The van der Waals surface area contributed by atoms with Crippen molar-refractivity contribution in [2.45, 2.75) is 43.0 Å². The van der Waals surface area contributed by atoms with E-state index >= 15 is 0 Å². The van der Waals surface area contributed by atoms with Gasteiger partial charge in [-0.1, -0.05) is 24.0 Å². The summed E-state index contributed by atoms with van der Waals surface area (Å²) >= 11 is 1.29. The molecular formula is C7H15AlO. The van der Waals surface area contributed by atoms with Crippen LogP contribution >= 0.6 is 0 Å². The Morgan fingerprint density at radius 1 is 1.44 bits per heavy atom. The van der Waals surface area contributed by atoms with Crippen LogP contribution in [0.15, 0.2) is 0 Å². The van der Waals surface area contributed by atoms with Gasteiger partial charge in [0.25, 0.3) is 0 Å². The van der Waals surface area contributed by atoms with Crippen LogP contribution in [0.1, 0.15) is 32.6 Å². The predicted octanol–water partition coefficient (Wildman–Crippen LogP) is 0.733. The Morgan fingerprint density at radius 2 is 1.89 bits per heavy atom. The van der Waals surface area contributed by atoms with E-state index in [-0.39, 0.29) is 6.10 Å². The van der Waals surface area contributed by atoms with Crippen LogP contribution in [0.3, 0.4) is 0 Å². The smallest absolute Gasteiger partial charge is 0.220 e. The highest BCUT2D eigenvalue weighted by molar-refractivity contribution is 6.14. The molecule has 1 aliphatic rings. The number of hydrogen-bond acceptors (Lipinski definition) is 1. The molecule has 0 unspecified atom stereocenters. The molecule has 0 aromatic carbocycles. The molecule has 0 bridgehead atoms. The maximum Gasteiger partial charge on any atom is 0.220 e. The Kier molecular flexibility index (Phi) is 2.21. The van der Waals surface area contributed by atoms with E-state index in [0.717, 1.165) is 12.8 Å². The van der Waals surface area contributed by atoms with Gasteiger partial charge in [0.1, 0.15) is 0 Å². The molecule has 1 rings (SSSR count). The average Bonchev–Trinajstić information content (AvgIpc) is 1.78. The van der Waals surface area contributed by atoms with Crippen LogP contribution in [0.2, 0.25) is 4.28 Å². The van der Waals surface area contributed by atoms with Crippen molar-refractivity contribution >= 4 is 16.3 Å². The van der Waals surface area contributed by atoms with Crippen molar-refractivity contribution in [3.8, 4) is 0 Å². The van der Waals surface area contributed by atoms with Gasteiger partial charge in [-0.25, -0.2) is 0 Å². The molecule has 9 heavy (non-hydrogen) atoms. The van der Waals surface area contributed by atoms with Gasteiger partial charge in [-0.2, -0.15) is 0 Å². The highest BCUT2D eigenvalue weighted by Crippen LogP contribution is 2.38. The lowest BCUT2D eigenvalue weighted by molar-refractivity contribution is 0.116. The van der Waals surface area contributed by atoms with E-state index in [1.165, 1.54) is 29.1 Å². The Hall–Kier alpha value is 0.492. The van der Waals surface area contributed by atoms with Gasteiger partial charge >= 0.3 is 0 Å². The second-order valence-corrected chi connectivity index (χ2v) is 6.31. The number of aliphatic hydroxyl groups excluding tert-OH is 1. The molecule has 0 saturated heterocycles. The molecule has 2 heteroatoms. The third-order valence-electron chi connectivity index (χ3n) is 2.31. The molecule has 1 aliphatic carbocycles. The van der Waals surface area contributed by atoms with E-state index < -0.39 is 0 Å². The summed E-state index contributed by atoms with van der Waals surface area (Å²) in [6.45, 7) is 2.34. The zero-order valence-corrected chi connectivity index (χ0v) is 8.35. The largest absolute Gasteiger partial charge is 0.393 e. The summed E-state index contributed by atoms with van der Waals surface area (Å²) < 4.78 is 0.638. The fourth-order valence-corrected chi connectivity index (χ4v) is 1.96. The molecule has 1 saturated carbocycles. The van der Waals surface area contributed by atoms with Crippen molar-refractivity contribution in [1.82, 2.24) is 0 Å². The van der Waals surface area contributed by atoms with Gasteiger partial charge in [0, 0.05) is 0 Å². The first kappa shape index (κ1) is 7.60. The summed E-state index contributed by atoms with van der Waals surface area (Å²) in [6.07, 6.45) is 4.60. The Morgan fingerprint density at radius 3 is 2.22 bits per heavy atom.